The fourth-order valence-electron chi connectivity index (χ4n) is 10.4. The number of allylic oxidation sites excluding steroid dienone is 5. The minimum Gasteiger partial charge on any atom is -0.378 e. The van der Waals surface area contributed by atoms with Gasteiger partial charge in [-0.15, -0.1) is 10.2 Å². The highest BCUT2D eigenvalue weighted by molar-refractivity contribution is 7.00. The van der Waals surface area contributed by atoms with Crippen molar-refractivity contribution in [1.29, 1.82) is 0 Å². The molecule has 0 radical (unpaired) electrons. The number of benzene rings is 3. The van der Waals surface area contributed by atoms with Gasteiger partial charge in [0, 0.05) is 50.3 Å². The molecule has 3 heterocycles. The number of hydrogen-bond donors (Lipinski definition) is 0. The zero-order valence-corrected chi connectivity index (χ0v) is 34.7. The topological polar surface area (TPSA) is 95.7 Å². The van der Waals surface area contributed by atoms with Gasteiger partial charge >= 0.3 is 5.97 Å². The lowest BCUT2D eigenvalue weighted by Gasteiger charge is -2.47. The van der Waals surface area contributed by atoms with E-state index in [1.165, 1.54) is 60.7 Å². The first kappa shape index (κ1) is 36.9. The maximum atomic E-state index is 12.7. The smallest absolute Gasteiger partial charge is 0.337 e. The van der Waals surface area contributed by atoms with E-state index in [0.29, 0.717) is 22.4 Å². The molecule has 2 amide bonds. The third-order valence-corrected chi connectivity index (χ3v) is 18.4. The van der Waals surface area contributed by atoms with E-state index in [1.54, 1.807) is 0 Å². The Labute approximate surface area is 335 Å². The van der Waals surface area contributed by atoms with Gasteiger partial charge in [0.15, 0.2) is 5.71 Å². The quantitative estimate of drug-likeness (QED) is 0.115. The van der Waals surface area contributed by atoms with Crippen LogP contribution < -0.4 is 10.1 Å². The summed E-state index contributed by atoms with van der Waals surface area (Å²) in [6.07, 6.45) is 9.45. The molecule has 1 saturated carbocycles. The molecule has 4 aromatic rings. The SMILES string of the molecule is Cc1ccccc1C1=C2C=CC(=[N+](C)C)C=C2[Si](C)(C2CC3CC2c2c(-c4ccc(CC(=O)ON5C(=O)CCC5=O)cc4)nnc(C)c23)c2cc(N(C)C)ccc21. The molecule has 10 heteroatoms. The fraction of sp³-hybridized carbons (Fsp3) is 0.319. The Morgan fingerprint density at radius 3 is 2.35 bits per heavy atom. The number of nitrogens with zero attached hydrogens (tertiary/aromatic N) is 5. The molecule has 9 nitrogen and oxygen atoms in total. The van der Waals surface area contributed by atoms with E-state index in [4.69, 9.17) is 15.0 Å². The van der Waals surface area contributed by atoms with E-state index >= 15 is 0 Å². The Morgan fingerprint density at radius 2 is 1.65 bits per heavy atom. The lowest BCUT2D eigenvalue weighted by molar-refractivity contribution is -0.462. The molecule has 9 rings (SSSR count). The van der Waals surface area contributed by atoms with Crippen LogP contribution in [0.3, 0.4) is 0 Å². The Kier molecular flexibility index (Phi) is 8.88. The van der Waals surface area contributed by atoms with E-state index < -0.39 is 25.9 Å². The number of hydrogen-bond acceptors (Lipinski definition) is 7. The molecule has 4 atom stereocenters. The fourth-order valence-corrected chi connectivity index (χ4v) is 15.8. The van der Waals surface area contributed by atoms with Gasteiger partial charge < -0.3 is 9.74 Å². The maximum absolute atomic E-state index is 12.7. The van der Waals surface area contributed by atoms with Gasteiger partial charge in [0.1, 0.15) is 22.2 Å². The Hall–Kier alpha value is -5.74. The van der Waals surface area contributed by atoms with Crippen LogP contribution in [-0.2, 0) is 25.6 Å². The largest absolute Gasteiger partial charge is 0.378 e. The van der Waals surface area contributed by atoms with Gasteiger partial charge in [-0.05, 0) is 117 Å². The van der Waals surface area contributed by atoms with E-state index in [-0.39, 0.29) is 19.3 Å². The minimum absolute atomic E-state index is 0.0596. The monoisotopic (exact) mass is 774 g/mol. The van der Waals surface area contributed by atoms with Crippen LogP contribution in [0.4, 0.5) is 5.69 Å². The summed E-state index contributed by atoms with van der Waals surface area (Å²) in [4.78, 5) is 44.1. The van der Waals surface area contributed by atoms with Crippen molar-refractivity contribution in [3.8, 4) is 11.3 Å². The summed E-state index contributed by atoms with van der Waals surface area (Å²) >= 11 is 0. The molecule has 1 aromatic heterocycles. The highest BCUT2D eigenvalue weighted by atomic mass is 28.3. The number of carbonyl (C=O) groups is 3. The van der Waals surface area contributed by atoms with Crippen molar-refractivity contribution in [1.82, 2.24) is 15.3 Å². The third kappa shape index (κ3) is 5.87. The lowest BCUT2D eigenvalue weighted by Crippen LogP contribution is -2.56. The molecule has 288 valence electrons. The molecule has 2 aliphatic heterocycles. The average molecular weight is 775 g/mol. The van der Waals surface area contributed by atoms with E-state index in [0.717, 1.165) is 35.4 Å². The normalized spacial score (nSPS) is 23.1. The number of amides is 2. The van der Waals surface area contributed by atoms with Crippen LogP contribution in [0.25, 0.3) is 16.8 Å². The summed E-state index contributed by atoms with van der Waals surface area (Å²) < 4.78 is 2.23. The first-order valence-corrected chi connectivity index (χ1v) is 22.5. The molecular formula is C47H48N5O4Si+. The molecule has 3 aliphatic carbocycles. The highest BCUT2D eigenvalue weighted by Gasteiger charge is 2.58. The Morgan fingerprint density at radius 1 is 0.912 bits per heavy atom. The molecule has 1 saturated heterocycles. The second-order valence-corrected chi connectivity index (χ2v) is 21.1. The predicted octanol–water partition coefficient (Wildman–Crippen LogP) is 6.87. The van der Waals surface area contributed by atoms with E-state index in [2.05, 4.69) is 119 Å². The van der Waals surface area contributed by atoms with Crippen LogP contribution in [0.5, 0.6) is 0 Å². The van der Waals surface area contributed by atoms with Gasteiger partial charge in [-0.25, -0.2) is 9.37 Å². The van der Waals surface area contributed by atoms with Crippen LogP contribution in [0.15, 0.2) is 95.7 Å². The maximum Gasteiger partial charge on any atom is 0.337 e. The van der Waals surface area contributed by atoms with Crippen molar-refractivity contribution in [3.05, 3.63) is 135 Å². The van der Waals surface area contributed by atoms with Gasteiger partial charge in [-0.1, -0.05) is 61.1 Å². The van der Waals surface area contributed by atoms with Crippen LogP contribution >= 0.6 is 0 Å². The number of imide groups is 1. The number of aromatic nitrogens is 2. The van der Waals surface area contributed by atoms with Crippen LogP contribution in [0.2, 0.25) is 12.1 Å². The summed E-state index contributed by atoms with van der Waals surface area (Å²) in [5, 5.41) is 13.3. The van der Waals surface area contributed by atoms with Gasteiger partial charge in [0.05, 0.1) is 17.8 Å². The van der Waals surface area contributed by atoms with Crippen molar-refractivity contribution >= 4 is 48.0 Å². The summed E-state index contributed by atoms with van der Waals surface area (Å²) in [7, 11) is 6.02. The first-order valence-electron chi connectivity index (χ1n) is 20.0. The number of rotatable bonds is 7. The summed E-state index contributed by atoms with van der Waals surface area (Å²) in [5.41, 5.74) is 15.8. The number of anilines is 1. The molecule has 4 unspecified atom stereocenters. The Balaban J connectivity index is 1.15. The molecule has 2 bridgehead atoms. The molecular weight excluding hydrogens is 727 g/mol. The molecule has 5 aliphatic rings. The number of aryl methyl sites for hydroxylation is 2. The molecule has 3 aromatic carbocycles. The second kappa shape index (κ2) is 13.7. The zero-order chi connectivity index (χ0) is 39.9. The average Bonchev–Trinajstić information content (AvgIpc) is 3.90. The van der Waals surface area contributed by atoms with Crippen molar-refractivity contribution in [2.45, 2.75) is 69.9 Å². The lowest BCUT2D eigenvalue weighted by atomic mass is 9.87. The van der Waals surface area contributed by atoms with Crippen molar-refractivity contribution in [2.75, 3.05) is 33.1 Å². The molecule has 2 fully saturated rings. The van der Waals surface area contributed by atoms with E-state index in [1.807, 2.05) is 24.3 Å². The zero-order valence-electron chi connectivity index (χ0n) is 33.7. The summed E-state index contributed by atoms with van der Waals surface area (Å²) in [6, 6.07) is 23.8. The van der Waals surface area contributed by atoms with Gasteiger partial charge in [-0.3, -0.25) is 9.59 Å². The van der Waals surface area contributed by atoms with Gasteiger partial charge in [0.25, 0.3) is 11.8 Å². The van der Waals surface area contributed by atoms with Crippen molar-refractivity contribution in [2.24, 2.45) is 0 Å². The van der Waals surface area contributed by atoms with Gasteiger partial charge in [0.2, 0.25) is 0 Å². The molecule has 57 heavy (non-hydrogen) atoms. The first-order chi connectivity index (χ1) is 27.3. The van der Waals surface area contributed by atoms with Crippen LogP contribution in [0.1, 0.15) is 76.6 Å². The summed E-state index contributed by atoms with van der Waals surface area (Å²) in [5.74, 6) is -0.904. The standard InChI is InChI=1S/C47H48N5O4Si/c1-27-10-8-9-11-34(27)45-35-18-16-32(50(3)4)25-39(35)57(7,40-26-33(51(5)6)17-19-36(40)45)38-24-31-23-37(38)46-44(31)28(2)48-49-47(46)30-14-12-29(13-15-30)22-43(55)56-52-41(53)20-21-42(52)54/h8-19,25-26,31,37-38H,20-24H2,1-7H3/q+1. The second-order valence-electron chi connectivity index (χ2n) is 16.9. The van der Waals surface area contributed by atoms with E-state index in [9.17, 15) is 14.4 Å². The van der Waals surface area contributed by atoms with Crippen molar-refractivity contribution < 1.29 is 23.8 Å². The van der Waals surface area contributed by atoms with Crippen molar-refractivity contribution in [3.63, 3.8) is 0 Å². The van der Waals surface area contributed by atoms with Gasteiger partial charge in [-0.2, -0.15) is 5.10 Å². The highest BCUT2D eigenvalue weighted by Crippen LogP contribution is 2.65. The van der Waals surface area contributed by atoms with Crippen LogP contribution in [-0.4, -0.2) is 79.6 Å². The predicted molar refractivity (Wildman–Crippen MR) is 225 cm³/mol. The molecule has 0 N–H and O–H groups in total. The summed E-state index contributed by atoms with van der Waals surface area (Å²) in [6.45, 7) is 6.97. The van der Waals surface area contributed by atoms with Crippen LogP contribution in [0, 0.1) is 13.8 Å². The minimum atomic E-state index is -2.53. The molecule has 0 spiro atoms. The number of fused-ring (bicyclic) bond motifs is 7. The third-order valence-electron chi connectivity index (χ3n) is 13.2. The Bertz CT molecular complexity index is 2530. The number of carbonyl (C=O) groups excluding carboxylic acids is 3. The number of hydroxylamine groups is 2.